The van der Waals surface area contributed by atoms with Gasteiger partial charge in [-0.05, 0) is 12.5 Å². The number of rotatable bonds is 6. The van der Waals surface area contributed by atoms with Crippen LogP contribution in [0.4, 0.5) is 0 Å². The Kier molecular flexibility index (Phi) is 4.85. The molecule has 0 unspecified atom stereocenters. The summed E-state index contributed by atoms with van der Waals surface area (Å²) in [7, 11) is 1.54. The Labute approximate surface area is 143 Å². The van der Waals surface area contributed by atoms with Gasteiger partial charge in [0.05, 0.1) is 13.2 Å². The molecule has 0 saturated carbocycles. The fourth-order valence-electron chi connectivity index (χ4n) is 2.30. The smallest absolute Gasteiger partial charge is 0.287 e. The second-order valence-corrected chi connectivity index (χ2v) is 5.57. The minimum absolute atomic E-state index is 0.0824. The molecule has 9 nitrogen and oxygen atoms in total. The predicted octanol–water partition coefficient (Wildman–Crippen LogP) is 0.248. The summed E-state index contributed by atoms with van der Waals surface area (Å²) in [5.74, 6) is -0.569. The number of ether oxygens (including phenoxy) is 1. The topological polar surface area (TPSA) is 115 Å². The summed E-state index contributed by atoms with van der Waals surface area (Å²) in [5.41, 5.74) is 2.00. The molecule has 0 aliphatic heterocycles. The minimum Gasteiger partial charge on any atom is -0.383 e. The first-order valence-electron chi connectivity index (χ1n) is 7.74. The van der Waals surface area contributed by atoms with E-state index in [1.807, 2.05) is 31.2 Å². The van der Waals surface area contributed by atoms with E-state index in [0.717, 1.165) is 11.1 Å². The van der Waals surface area contributed by atoms with Crippen LogP contribution in [0, 0.1) is 6.92 Å². The number of methoxy groups -OCH3 is 1. The summed E-state index contributed by atoms with van der Waals surface area (Å²) < 4.78 is 6.37. The Morgan fingerprint density at radius 1 is 1.32 bits per heavy atom. The first kappa shape index (κ1) is 16.8. The van der Waals surface area contributed by atoms with Crippen molar-refractivity contribution in [1.29, 1.82) is 0 Å². The van der Waals surface area contributed by atoms with Crippen LogP contribution < -0.4 is 10.9 Å². The van der Waals surface area contributed by atoms with Crippen LogP contribution in [-0.4, -0.2) is 51.1 Å². The molecular weight excluding hydrogens is 324 g/mol. The number of hydrogen-bond donors (Lipinski definition) is 2. The highest BCUT2D eigenvalue weighted by Crippen LogP contribution is 2.09. The highest BCUT2D eigenvalue weighted by atomic mass is 16.5. The van der Waals surface area contributed by atoms with E-state index in [-0.39, 0.29) is 17.0 Å². The van der Waals surface area contributed by atoms with Gasteiger partial charge in [-0.1, -0.05) is 35.0 Å². The number of benzene rings is 1. The molecule has 9 heteroatoms. The van der Waals surface area contributed by atoms with Crippen molar-refractivity contribution in [2.45, 2.75) is 13.5 Å². The molecule has 2 heterocycles. The Hall–Kier alpha value is -3.07. The monoisotopic (exact) mass is 342 g/mol. The molecule has 0 saturated heterocycles. The molecule has 1 aromatic carbocycles. The number of aromatic amines is 1. The van der Waals surface area contributed by atoms with Gasteiger partial charge in [-0.25, -0.2) is 9.67 Å². The zero-order valence-electron chi connectivity index (χ0n) is 13.9. The number of aromatic nitrogens is 5. The summed E-state index contributed by atoms with van der Waals surface area (Å²) in [6.45, 7) is 3.09. The standard InChI is InChI=1S/C16H18N6O3/c1-10-3-5-11(6-4-10)9-22-14-12(20-21-22)15(23)19-13(18-14)16(24)17-7-8-25-2/h3-6H,7-9H2,1-2H3,(H,17,24)(H,18,19,23). The fourth-order valence-corrected chi connectivity index (χ4v) is 2.30. The van der Waals surface area contributed by atoms with E-state index in [4.69, 9.17) is 4.74 Å². The summed E-state index contributed by atoms with van der Waals surface area (Å²) in [5, 5.41) is 10.5. The van der Waals surface area contributed by atoms with Crippen LogP contribution in [-0.2, 0) is 11.3 Å². The van der Waals surface area contributed by atoms with Gasteiger partial charge in [0.15, 0.2) is 11.2 Å². The molecule has 0 radical (unpaired) electrons. The van der Waals surface area contributed by atoms with Gasteiger partial charge in [0, 0.05) is 13.7 Å². The zero-order chi connectivity index (χ0) is 17.8. The van der Waals surface area contributed by atoms with Gasteiger partial charge in [0.2, 0.25) is 5.82 Å². The van der Waals surface area contributed by atoms with Crippen LogP contribution in [0.3, 0.4) is 0 Å². The van der Waals surface area contributed by atoms with Crippen LogP contribution in [0.1, 0.15) is 21.7 Å². The predicted molar refractivity (Wildman–Crippen MR) is 90.4 cm³/mol. The molecule has 0 fully saturated rings. The number of amides is 1. The molecule has 2 N–H and O–H groups in total. The van der Waals surface area contributed by atoms with Gasteiger partial charge < -0.3 is 15.0 Å². The van der Waals surface area contributed by atoms with E-state index in [2.05, 4.69) is 25.6 Å². The molecular formula is C16H18N6O3. The summed E-state index contributed by atoms with van der Waals surface area (Å²) >= 11 is 0. The molecule has 0 bridgehead atoms. The first-order chi connectivity index (χ1) is 12.1. The lowest BCUT2D eigenvalue weighted by molar-refractivity contribution is 0.0926. The van der Waals surface area contributed by atoms with Crippen LogP contribution in [0.2, 0.25) is 0 Å². The maximum atomic E-state index is 12.1. The van der Waals surface area contributed by atoms with Crippen molar-refractivity contribution in [3.63, 3.8) is 0 Å². The molecule has 1 amide bonds. The molecule has 130 valence electrons. The maximum absolute atomic E-state index is 12.1. The van der Waals surface area contributed by atoms with E-state index < -0.39 is 11.5 Å². The lowest BCUT2D eigenvalue weighted by Gasteiger charge is -2.05. The van der Waals surface area contributed by atoms with Gasteiger partial charge in [0.25, 0.3) is 11.5 Å². The Balaban J connectivity index is 1.91. The minimum atomic E-state index is -0.503. The number of nitrogens with one attached hydrogen (secondary N) is 2. The molecule has 3 aromatic rings. The van der Waals surface area contributed by atoms with E-state index in [0.29, 0.717) is 19.7 Å². The number of carbonyl (C=O) groups excluding carboxylic acids is 1. The molecule has 0 aliphatic carbocycles. The van der Waals surface area contributed by atoms with Crippen LogP contribution in [0.5, 0.6) is 0 Å². The maximum Gasteiger partial charge on any atom is 0.287 e. The van der Waals surface area contributed by atoms with Crippen molar-refractivity contribution in [3.05, 3.63) is 51.6 Å². The van der Waals surface area contributed by atoms with Crippen molar-refractivity contribution in [3.8, 4) is 0 Å². The number of aryl methyl sites for hydroxylation is 1. The second-order valence-electron chi connectivity index (χ2n) is 5.57. The average molecular weight is 342 g/mol. The Morgan fingerprint density at radius 3 is 2.80 bits per heavy atom. The summed E-state index contributed by atoms with van der Waals surface area (Å²) in [4.78, 5) is 30.9. The van der Waals surface area contributed by atoms with E-state index in [9.17, 15) is 9.59 Å². The zero-order valence-corrected chi connectivity index (χ0v) is 13.9. The van der Waals surface area contributed by atoms with E-state index in [1.165, 1.54) is 11.8 Å². The van der Waals surface area contributed by atoms with Crippen LogP contribution in [0.15, 0.2) is 29.1 Å². The first-order valence-corrected chi connectivity index (χ1v) is 7.74. The normalized spacial score (nSPS) is 11.0. The number of fused-ring (bicyclic) bond motifs is 1. The quantitative estimate of drug-likeness (QED) is 0.621. The number of hydrogen-bond acceptors (Lipinski definition) is 6. The third-order valence-corrected chi connectivity index (χ3v) is 3.63. The highest BCUT2D eigenvalue weighted by Gasteiger charge is 2.16. The largest absolute Gasteiger partial charge is 0.383 e. The number of nitrogens with zero attached hydrogens (tertiary/aromatic N) is 4. The SMILES string of the molecule is COCCNC(=O)c1nc2c(nnn2Cc2ccc(C)cc2)c(=O)[nH]1. The van der Waals surface area contributed by atoms with Gasteiger partial charge in [-0.15, -0.1) is 5.10 Å². The number of carbonyl (C=O) groups is 1. The second kappa shape index (κ2) is 7.22. The average Bonchev–Trinajstić information content (AvgIpc) is 3.00. The van der Waals surface area contributed by atoms with Gasteiger partial charge in [-0.3, -0.25) is 9.59 Å². The molecule has 3 rings (SSSR count). The van der Waals surface area contributed by atoms with E-state index in [1.54, 1.807) is 0 Å². The van der Waals surface area contributed by atoms with Gasteiger partial charge >= 0.3 is 0 Å². The van der Waals surface area contributed by atoms with Crippen molar-refractivity contribution in [1.82, 2.24) is 30.3 Å². The highest BCUT2D eigenvalue weighted by molar-refractivity contribution is 5.91. The Morgan fingerprint density at radius 2 is 2.08 bits per heavy atom. The van der Waals surface area contributed by atoms with Crippen molar-refractivity contribution < 1.29 is 9.53 Å². The molecule has 0 aliphatic rings. The van der Waals surface area contributed by atoms with Gasteiger partial charge in [0.1, 0.15) is 0 Å². The third kappa shape index (κ3) is 3.72. The molecule has 25 heavy (non-hydrogen) atoms. The van der Waals surface area contributed by atoms with Crippen LogP contribution in [0.25, 0.3) is 11.2 Å². The number of H-pyrrole nitrogens is 1. The molecule has 0 spiro atoms. The van der Waals surface area contributed by atoms with E-state index >= 15 is 0 Å². The van der Waals surface area contributed by atoms with Gasteiger partial charge in [-0.2, -0.15) is 0 Å². The summed E-state index contributed by atoms with van der Waals surface area (Å²) in [6.07, 6.45) is 0. The lowest BCUT2D eigenvalue weighted by Crippen LogP contribution is -2.30. The Bertz CT molecular complexity index is 945. The third-order valence-electron chi connectivity index (χ3n) is 3.63. The molecule has 2 aromatic heterocycles. The van der Waals surface area contributed by atoms with Crippen LogP contribution >= 0.6 is 0 Å². The van der Waals surface area contributed by atoms with Crippen molar-refractivity contribution >= 4 is 17.1 Å². The molecule has 0 atom stereocenters. The van der Waals surface area contributed by atoms with Crippen molar-refractivity contribution in [2.24, 2.45) is 0 Å². The van der Waals surface area contributed by atoms with Crippen molar-refractivity contribution in [2.75, 3.05) is 20.3 Å². The fraction of sp³-hybridized carbons (Fsp3) is 0.312. The summed E-state index contributed by atoms with van der Waals surface area (Å²) in [6, 6.07) is 7.91. The lowest BCUT2D eigenvalue weighted by atomic mass is 10.1.